The minimum Gasteiger partial charge on any atom is -0.310 e. The molecule has 1 saturated carbocycles. The van der Waals surface area contributed by atoms with Crippen LogP contribution in [0.5, 0.6) is 0 Å². The van der Waals surface area contributed by atoms with Gasteiger partial charge in [-0.2, -0.15) is 0 Å². The van der Waals surface area contributed by atoms with Crippen LogP contribution < -0.4 is 5.32 Å². The SMILES string of the molecule is CCN(CC)CC(C)NC1CC(C)CCC1C. The third kappa shape index (κ3) is 4.97. The van der Waals surface area contributed by atoms with E-state index in [0.717, 1.165) is 17.9 Å². The highest BCUT2D eigenvalue weighted by Gasteiger charge is 2.26. The zero-order chi connectivity index (χ0) is 12.8. The van der Waals surface area contributed by atoms with Gasteiger partial charge in [-0.1, -0.05) is 34.1 Å². The summed E-state index contributed by atoms with van der Waals surface area (Å²) in [4.78, 5) is 2.51. The first-order valence-electron chi connectivity index (χ1n) is 7.55. The number of nitrogens with zero attached hydrogens (tertiary/aromatic N) is 1. The fourth-order valence-electron chi connectivity index (χ4n) is 3.05. The highest BCUT2D eigenvalue weighted by molar-refractivity contribution is 4.83. The van der Waals surface area contributed by atoms with E-state index in [0.29, 0.717) is 6.04 Å². The Kier molecular flexibility index (Phi) is 6.50. The maximum Gasteiger partial charge on any atom is 0.0169 e. The Morgan fingerprint density at radius 1 is 1.18 bits per heavy atom. The van der Waals surface area contributed by atoms with Crippen LogP contribution in [0.25, 0.3) is 0 Å². The molecule has 1 rings (SSSR count). The van der Waals surface area contributed by atoms with Crippen LogP contribution in [-0.2, 0) is 0 Å². The Hall–Kier alpha value is -0.0800. The largest absolute Gasteiger partial charge is 0.310 e. The highest BCUT2D eigenvalue weighted by atomic mass is 15.1. The molecule has 0 spiro atoms. The van der Waals surface area contributed by atoms with E-state index >= 15 is 0 Å². The molecule has 0 radical (unpaired) electrons. The Bertz CT molecular complexity index is 201. The Morgan fingerprint density at radius 3 is 2.41 bits per heavy atom. The van der Waals surface area contributed by atoms with Crippen molar-refractivity contribution in [3.8, 4) is 0 Å². The summed E-state index contributed by atoms with van der Waals surface area (Å²) in [7, 11) is 0. The summed E-state index contributed by atoms with van der Waals surface area (Å²) in [6.45, 7) is 15.2. The Labute approximate surface area is 108 Å². The molecule has 4 atom stereocenters. The summed E-state index contributed by atoms with van der Waals surface area (Å²) in [6.07, 6.45) is 4.18. The number of rotatable bonds is 6. The highest BCUT2D eigenvalue weighted by Crippen LogP contribution is 2.28. The van der Waals surface area contributed by atoms with Gasteiger partial charge in [-0.15, -0.1) is 0 Å². The lowest BCUT2D eigenvalue weighted by Crippen LogP contribution is -2.48. The maximum atomic E-state index is 3.86. The summed E-state index contributed by atoms with van der Waals surface area (Å²) in [5.41, 5.74) is 0. The zero-order valence-electron chi connectivity index (χ0n) is 12.5. The van der Waals surface area contributed by atoms with E-state index in [9.17, 15) is 0 Å². The van der Waals surface area contributed by atoms with Crippen LogP contribution in [0.3, 0.4) is 0 Å². The molecule has 0 bridgehead atoms. The normalized spacial score (nSPS) is 31.8. The average Bonchev–Trinajstić information content (AvgIpc) is 2.31. The van der Waals surface area contributed by atoms with E-state index in [-0.39, 0.29) is 0 Å². The molecular weight excluding hydrogens is 208 g/mol. The zero-order valence-corrected chi connectivity index (χ0v) is 12.5. The number of nitrogens with one attached hydrogen (secondary N) is 1. The van der Waals surface area contributed by atoms with Gasteiger partial charge >= 0.3 is 0 Å². The molecule has 1 N–H and O–H groups in total. The molecule has 0 aromatic rings. The fourth-order valence-corrected chi connectivity index (χ4v) is 3.05. The Balaban J connectivity index is 2.35. The molecule has 0 saturated heterocycles. The van der Waals surface area contributed by atoms with E-state index in [1.807, 2.05) is 0 Å². The van der Waals surface area contributed by atoms with Gasteiger partial charge in [0.1, 0.15) is 0 Å². The smallest absolute Gasteiger partial charge is 0.0169 e. The molecule has 102 valence electrons. The van der Waals surface area contributed by atoms with Crippen molar-refractivity contribution in [2.24, 2.45) is 11.8 Å². The van der Waals surface area contributed by atoms with Crippen molar-refractivity contribution in [2.75, 3.05) is 19.6 Å². The van der Waals surface area contributed by atoms with Crippen molar-refractivity contribution < 1.29 is 0 Å². The second-order valence-corrected chi connectivity index (χ2v) is 6.06. The Morgan fingerprint density at radius 2 is 1.82 bits per heavy atom. The van der Waals surface area contributed by atoms with Crippen molar-refractivity contribution in [1.82, 2.24) is 10.2 Å². The molecule has 1 aliphatic carbocycles. The lowest BCUT2D eigenvalue weighted by Gasteiger charge is -2.36. The summed E-state index contributed by atoms with van der Waals surface area (Å²) in [5, 5.41) is 3.86. The van der Waals surface area contributed by atoms with Gasteiger partial charge in [-0.25, -0.2) is 0 Å². The van der Waals surface area contributed by atoms with E-state index in [4.69, 9.17) is 0 Å². The second-order valence-electron chi connectivity index (χ2n) is 6.06. The minimum atomic E-state index is 0.618. The summed E-state index contributed by atoms with van der Waals surface area (Å²) >= 11 is 0. The third-order valence-electron chi connectivity index (χ3n) is 4.38. The first-order valence-corrected chi connectivity index (χ1v) is 7.55. The van der Waals surface area contributed by atoms with E-state index in [2.05, 4.69) is 44.8 Å². The standard InChI is InChI=1S/C15H32N2/c1-6-17(7-2)11-14(5)16-15-10-12(3)8-9-13(15)4/h12-16H,6-11H2,1-5H3. The first-order chi connectivity index (χ1) is 8.06. The van der Waals surface area contributed by atoms with Crippen molar-refractivity contribution in [3.63, 3.8) is 0 Å². The van der Waals surface area contributed by atoms with Crippen LogP contribution in [0, 0.1) is 11.8 Å². The van der Waals surface area contributed by atoms with Gasteiger partial charge in [0.15, 0.2) is 0 Å². The van der Waals surface area contributed by atoms with Gasteiger partial charge in [0, 0.05) is 18.6 Å². The molecule has 1 aliphatic rings. The molecule has 0 heterocycles. The van der Waals surface area contributed by atoms with Gasteiger partial charge in [0.05, 0.1) is 0 Å². The summed E-state index contributed by atoms with van der Waals surface area (Å²) in [6, 6.07) is 1.36. The average molecular weight is 240 g/mol. The van der Waals surface area contributed by atoms with Gasteiger partial charge in [-0.3, -0.25) is 0 Å². The van der Waals surface area contributed by atoms with E-state index < -0.39 is 0 Å². The first kappa shape index (κ1) is 15.0. The molecule has 1 fully saturated rings. The van der Waals surface area contributed by atoms with Crippen LogP contribution in [0.2, 0.25) is 0 Å². The van der Waals surface area contributed by atoms with Crippen molar-refractivity contribution in [2.45, 2.75) is 66.0 Å². The molecule has 2 nitrogen and oxygen atoms in total. The molecule has 0 aromatic carbocycles. The molecule has 2 heteroatoms. The van der Waals surface area contributed by atoms with Crippen LogP contribution in [0.1, 0.15) is 53.9 Å². The van der Waals surface area contributed by atoms with Gasteiger partial charge in [0.2, 0.25) is 0 Å². The van der Waals surface area contributed by atoms with Crippen LogP contribution >= 0.6 is 0 Å². The number of likely N-dealkylation sites (N-methyl/N-ethyl adjacent to an activating group) is 1. The minimum absolute atomic E-state index is 0.618. The van der Waals surface area contributed by atoms with Gasteiger partial charge in [-0.05, 0) is 44.7 Å². The predicted molar refractivity (Wildman–Crippen MR) is 76.4 cm³/mol. The van der Waals surface area contributed by atoms with E-state index in [1.165, 1.54) is 38.9 Å². The number of hydrogen-bond donors (Lipinski definition) is 1. The molecule has 17 heavy (non-hydrogen) atoms. The molecule has 0 aliphatic heterocycles. The monoisotopic (exact) mass is 240 g/mol. The number of hydrogen-bond acceptors (Lipinski definition) is 2. The van der Waals surface area contributed by atoms with Crippen LogP contribution in [-0.4, -0.2) is 36.6 Å². The van der Waals surface area contributed by atoms with Gasteiger partial charge in [0.25, 0.3) is 0 Å². The van der Waals surface area contributed by atoms with Crippen LogP contribution in [0.4, 0.5) is 0 Å². The van der Waals surface area contributed by atoms with E-state index in [1.54, 1.807) is 0 Å². The lowest BCUT2D eigenvalue weighted by atomic mass is 9.80. The lowest BCUT2D eigenvalue weighted by molar-refractivity contribution is 0.193. The van der Waals surface area contributed by atoms with Crippen molar-refractivity contribution in [1.29, 1.82) is 0 Å². The quantitative estimate of drug-likeness (QED) is 0.767. The van der Waals surface area contributed by atoms with Crippen molar-refractivity contribution >= 4 is 0 Å². The summed E-state index contributed by atoms with van der Waals surface area (Å²) < 4.78 is 0. The molecule has 0 aromatic heterocycles. The molecular formula is C15H32N2. The molecule has 4 unspecified atom stereocenters. The van der Waals surface area contributed by atoms with Crippen LogP contribution in [0.15, 0.2) is 0 Å². The summed E-state index contributed by atoms with van der Waals surface area (Å²) in [5.74, 6) is 1.76. The second kappa shape index (κ2) is 7.38. The van der Waals surface area contributed by atoms with Crippen molar-refractivity contribution in [3.05, 3.63) is 0 Å². The third-order valence-corrected chi connectivity index (χ3v) is 4.38. The maximum absolute atomic E-state index is 3.86. The van der Waals surface area contributed by atoms with Gasteiger partial charge < -0.3 is 10.2 Å². The predicted octanol–water partition coefficient (Wildman–Crippen LogP) is 3.13. The topological polar surface area (TPSA) is 15.3 Å². The fraction of sp³-hybridized carbons (Fsp3) is 1.00. The molecule has 0 amide bonds.